The van der Waals surface area contributed by atoms with Crippen LogP contribution in [-0.4, -0.2) is 12.1 Å². The molecular formula is C12H17NO. The third kappa shape index (κ3) is 1.90. The van der Waals surface area contributed by atoms with E-state index in [9.17, 15) is 0 Å². The van der Waals surface area contributed by atoms with Crippen LogP contribution in [0.1, 0.15) is 24.0 Å². The van der Waals surface area contributed by atoms with E-state index in [-0.39, 0.29) is 5.60 Å². The van der Waals surface area contributed by atoms with Gasteiger partial charge in [0.1, 0.15) is 11.4 Å². The first kappa shape index (κ1) is 9.53. The molecule has 1 aromatic carbocycles. The van der Waals surface area contributed by atoms with Crippen LogP contribution in [0.5, 0.6) is 5.75 Å². The third-order valence-corrected chi connectivity index (χ3v) is 2.71. The highest BCUT2D eigenvalue weighted by Gasteiger charge is 2.44. The number of hydrogen-bond acceptors (Lipinski definition) is 2. The highest BCUT2D eigenvalue weighted by Crippen LogP contribution is 2.39. The van der Waals surface area contributed by atoms with Crippen LogP contribution in [-0.2, 0) is 0 Å². The first-order valence-corrected chi connectivity index (χ1v) is 5.11. The van der Waals surface area contributed by atoms with E-state index in [1.165, 1.54) is 11.1 Å². The Bertz CT molecular complexity index is 322. The van der Waals surface area contributed by atoms with Crippen LogP contribution in [0.4, 0.5) is 0 Å². The summed E-state index contributed by atoms with van der Waals surface area (Å²) in [6.45, 7) is 4.80. The predicted octanol–water partition coefficient (Wildman–Crippen LogP) is 2.17. The molecule has 76 valence electrons. The van der Waals surface area contributed by atoms with Gasteiger partial charge in [0.05, 0.1) is 0 Å². The Kier molecular flexibility index (Phi) is 2.23. The largest absolute Gasteiger partial charge is 0.486 e. The zero-order valence-electron chi connectivity index (χ0n) is 8.84. The second-order valence-electron chi connectivity index (χ2n) is 4.31. The number of ether oxygens (including phenoxy) is 1. The Hall–Kier alpha value is -1.02. The summed E-state index contributed by atoms with van der Waals surface area (Å²) in [7, 11) is 0. The van der Waals surface area contributed by atoms with Gasteiger partial charge in [0.2, 0.25) is 0 Å². The average Bonchev–Trinajstić information content (AvgIpc) is 2.83. The van der Waals surface area contributed by atoms with Crippen LogP contribution in [0.3, 0.4) is 0 Å². The van der Waals surface area contributed by atoms with Crippen LogP contribution in [0.2, 0.25) is 0 Å². The van der Waals surface area contributed by atoms with Crippen molar-refractivity contribution in [3.8, 4) is 5.75 Å². The minimum Gasteiger partial charge on any atom is -0.486 e. The van der Waals surface area contributed by atoms with Gasteiger partial charge < -0.3 is 10.5 Å². The topological polar surface area (TPSA) is 35.2 Å². The lowest BCUT2D eigenvalue weighted by atomic mass is 10.1. The second kappa shape index (κ2) is 3.28. The summed E-state index contributed by atoms with van der Waals surface area (Å²) in [6.07, 6.45) is 2.19. The molecule has 0 saturated heterocycles. The molecule has 0 radical (unpaired) electrons. The van der Waals surface area contributed by atoms with E-state index in [2.05, 4.69) is 32.0 Å². The Balaban J connectivity index is 2.16. The highest BCUT2D eigenvalue weighted by molar-refractivity contribution is 5.34. The molecule has 1 aliphatic rings. The van der Waals surface area contributed by atoms with E-state index in [1.54, 1.807) is 0 Å². The fourth-order valence-electron chi connectivity index (χ4n) is 1.73. The molecule has 0 aromatic heterocycles. The number of benzene rings is 1. The maximum absolute atomic E-state index is 5.90. The van der Waals surface area contributed by atoms with Gasteiger partial charge in [-0.1, -0.05) is 6.07 Å². The highest BCUT2D eigenvalue weighted by atomic mass is 16.5. The molecule has 2 nitrogen and oxygen atoms in total. The Morgan fingerprint density at radius 3 is 2.21 bits per heavy atom. The van der Waals surface area contributed by atoms with Gasteiger partial charge in [-0.2, -0.15) is 0 Å². The molecule has 0 bridgehead atoms. The summed E-state index contributed by atoms with van der Waals surface area (Å²) in [5.41, 5.74) is 8.11. The molecule has 14 heavy (non-hydrogen) atoms. The summed E-state index contributed by atoms with van der Waals surface area (Å²) < 4.78 is 5.90. The fourth-order valence-corrected chi connectivity index (χ4v) is 1.73. The molecule has 1 aliphatic carbocycles. The summed E-state index contributed by atoms with van der Waals surface area (Å²) in [5.74, 6) is 0.963. The maximum Gasteiger partial charge on any atom is 0.121 e. The molecule has 1 fully saturated rings. The fraction of sp³-hybridized carbons (Fsp3) is 0.500. The maximum atomic E-state index is 5.90. The predicted molar refractivity (Wildman–Crippen MR) is 57.6 cm³/mol. The van der Waals surface area contributed by atoms with E-state index in [4.69, 9.17) is 10.5 Å². The Labute approximate surface area is 85.1 Å². The van der Waals surface area contributed by atoms with E-state index < -0.39 is 0 Å². The summed E-state index contributed by atoms with van der Waals surface area (Å²) in [5, 5.41) is 0. The van der Waals surface area contributed by atoms with Crippen molar-refractivity contribution in [2.45, 2.75) is 32.3 Å². The quantitative estimate of drug-likeness (QED) is 0.794. The van der Waals surface area contributed by atoms with Crippen molar-refractivity contribution in [1.29, 1.82) is 0 Å². The summed E-state index contributed by atoms with van der Waals surface area (Å²) in [6, 6.07) is 6.29. The van der Waals surface area contributed by atoms with Crippen molar-refractivity contribution in [3.63, 3.8) is 0 Å². The van der Waals surface area contributed by atoms with Crippen molar-refractivity contribution in [1.82, 2.24) is 0 Å². The van der Waals surface area contributed by atoms with Gasteiger partial charge in [-0.25, -0.2) is 0 Å². The summed E-state index contributed by atoms with van der Waals surface area (Å²) in [4.78, 5) is 0. The lowest BCUT2D eigenvalue weighted by Gasteiger charge is -2.16. The average molecular weight is 191 g/mol. The van der Waals surface area contributed by atoms with E-state index in [0.717, 1.165) is 18.6 Å². The van der Waals surface area contributed by atoms with Gasteiger partial charge in [0.25, 0.3) is 0 Å². The van der Waals surface area contributed by atoms with Gasteiger partial charge >= 0.3 is 0 Å². The SMILES string of the molecule is Cc1cc(C)cc(OC2(CN)CC2)c1. The number of aryl methyl sites for hydroxylation is 2. The first-order valence-electron chi connectivity index (χ1n) is 5.11. The molecule has 0 heterocycles. The molecule has 0 spiro atoms. The zero-order chi connectivity index (χ0) is 10.2. The van der Waals surface area contributed by atoms with Gasteiger partial charge in [0, 0.05) is 6.54 Å². The molecule has 0 unspecified atom stereocenters. The number of nitrogens with two attached hydrogens (primary N) is 1. The third-order valence-electron chi connectivity index (χ3n) is 2.71. The van der Waals surface area contributed by atoms with Crippen LogP contribution >= 0.6 is 0 Å². The van der Waals surface area contributed by atoms with E-state index >= 15 is 0 Å². The van der Waals surface area contributed by atoms with Crippen molar-refractivity contribution >= 4 is 0 Å². The van der Waals surface area contributed by atoms with Gasteiger partial charge in [-0.3, -0.25) is 0 Å². The molecule has 0 aliphatic heterocycles. The Morgan fingerprint density at radius 1 is 1.21 bits per heavy atom. The molecule has 2 rings (SSSR count). The molecule has 2 heteroatoms. The number of hydrogen-bond donors (Lipinski definition) is 1. The minimum absolute atomic E-state index is 0.0414. The lowest BCUT2D eigenvalue weighted by Crippen LogP contribution is -2.28. The minimum atomic E-state index is -0.0414. The Morgan fingerprint density at radius 2 is 1.79 bits per heavy atom. The molecular weight excluding hydrogens is 174 g/mol. The van der Waals surface area contributed by atoms with Crippen molar-refractivity contribution in [3.05, 3.63) is 29.3 Å². The van der Waals surface area contributed by atoms with E-state index in [1.807, 2.05) is 0 Å². The molecule has 0 atom stereocenters. The zero-order valence-corrected chi connectivity index (χ0v) is 8.84. The second-order valence-corrected chi connectivity index (χ2v) is 4.31. The molecule has 1 saturated carbocycles. The molecule has 0 amide bonds. The van der Waals surface area contributed by atoms with Gasteiger partial charge in [0.15, 0.2) is 0 Å². The smallest absolute Gasteiger partial charge is 0.121 e. The van der Waals surface area contributed by atoms with Gasteiger partial charge in [-0.15, -0.1) is 0 Å². The summed E-state index contributed by atoms with van der Waals surface area (Å²) >= 11 is 0. The van der Waals surface area contributed by atoms with Crippen LogP contribution in [0.15, 0.2) is 18.2 Å². The van der Waals surface area contributed by atoms with E-state index in [0.29, 0.717) is 6.54 Å². The van der Waals surface area contributed by atoms with Crippen molar-refractivity contribution < 1.29 is 4.74 Å². The van der Waals surface area contributed by atoms with Crippen molar-refractivity contribution in [2.75, 3.05) is 6.54 Å². The standard InChI is InChI=1S/C12H17NO/c1-9-5-10(2)7-11(6-9)14-12(8-13)3-4-12/h5-7H,3-4,8,13H2,1-2H3. The normalized spacial score (nSPS) is 17.9. The molecule has 2 N–H and O–H groups in total. The monoisotopic (exact) mass is 191 g/mol. The van der Waals surface area contributed by atoms with Crippen molar-refractivity contribution in [2.24, 2.45) is 5.73 Å². The van der Waals surface area contributed by atoms with Crippen LogP contribution < -0.4 is 10.5 Å². The van der Waals surface area contributed by atoms with Crippen LogP contribution in [0.25, 0.3) is 0 Å². The number of rotatable bonds is 3. The molecule has 1 aromatic rings. The van der Waals surface area contributed by atoms with Gasteiger partial charge in [-0.05, 0) is 49.9 Å². The first-order chi connectivity index (χ1) is 6.63. The lowest BCUT2D eigenvalue weighted by molar-refractivity contribution is 0.187. The van der Waals surface area contributed by atoms with Crippen LogP contribution in [0, 0.1) is 13.8 Å².